The van der Waals surface area contributed by atoms with Gasteiger partial charge >= 0.3 is 0 Å². The highest BCUT2D eigenvalue weighted by atomic mass is 16.2. The van der Waals surface area contributed by atoms with E-state index < -0.39 is 0 Å². The van der Waals surface area contributed by atoms with E-state index in [4.69, 9.17) is 4.98 Å². The van der Waals surface area contributed by atoms with Gasteiger partial charge in [-0.05, 0) is 57.4 Å². The smallest absolute Gasteiger partial charge is 0.253 e. The SMILES string of the molecule is CC(C)n1c(-c2ccc(C(=O)N3CCCCC3)cc2)nc2ccccc21. The molecule has 1 fully saturated rings. The molecule has 0 atom stereocenters. The highest BCUT2D eigenvalue weighted by Crippen LogP contribution is 2.28. The predicted octanol–water partition coefficient (Wildman–Crippen LogP) is 4.91. The maximum absolute atomic E-state index is 12.7. The van der Waals surface area contributed by atoms with Crippen molar-refractivity contribution in [2.24, 2.45) is 0 Å². The summed E-state index contributed by atoms with van der Waals surface area (Å²) >= 11 is 0. The van der Waals surface area contributed by atoms with Gasteiger partial charge < -0.3 is 9.47 Å². The van der Waals surface area contributed by atoms with Gasteiger partial charge in [0, 0.05) is 30.3 Å². The third kappa shape index (κ3) is 3.00. The van der Waals surface area contributed by atoms with Crippen LogP contribution in [0.4, 0.5) is 0 Å². The Morgan fingerprint density at radius 1 is 0.962 bits per heavy atom. The first-order chi connectivity index (χ1) is 12.6. The van der Waals surface area contributed by atoms with Crippen LogP contribution in [0.1, 0.15) is 49.5 Å². The van der Waals surface area contributed by atoms with Crippen LogP contribution in [0.15, 0.2) is 48.5 Å². The summed E-state index contributed by atoms with van der Waals surface area (Å²) in [6.07, 6.45) is 3.46. The Morgan fingerprint density at radius 2 is 1.65 bits per heavy atom. The van der Waals surface area contributed by atoms with E-state index in [0.29, 0.717) is 6.04 Å². The first-order valence-corrected chi connectivity index (χ1v) is 9.52. The Labute approximate surface area is 154 Å². The van der Waals surface area contributed by atoms with Gasteiger partial charge in [-0.25, -0.2) is 4.98 Å². The quantitative estimate of drug-likeness (QED) is 0.675. The van der Waals surface area contributed by atoms with Gasteiger partial charge in [-0.15, -0.1) is 0 Å². The number of imidazole rings is 1. The van der Waals surface area contributed by atoms with E-state index in [9.17, 15) is 4.79 Å². The molecule has 3 aromatic rings. The fourth-order valence-electron chi connectivity index (χ4n) is 3.81. The minimum absolute atomic E-state index is 0.147. The topological polar surface area (TPSA) is 38.1 Å². The third-order valence-electron chi connectivity index (χ3n) is 5.15. The Balaban J connectivity index is 1.68. The summed E-state index contributed by atoms with van der Waals surface area (Å²) in [6, 6.07) is 16.5. The van der Waals surface area contributed by atoms with Crippen molar-refractivity contribution in [3.63, 3.8) is 0 Å². The van der Waals surface area contributed by atoms with Crippen LogP contribution in [-0.2, 0) is 0 Å². The van der Waals surface area contributed by atoms with Crippen molar-refractivity contribution in [3.8, 4) is 11.4 Å². The van der Waals surface area contributed by atoms with Gasteiger partial charge in [0.25, 0.3) is 5.91 Å². The lowest BCUT2D eigenvalue weighted by Crippen LogP contribution is -2.35. The van der Waals surface area contributed by atoms with Crippen molar-refractivity contribution in [1.82, 2.24) is 14.5 Å². The highest BCUT2D eigenvalue weighted by Gasteiger charge is 2.19. The number of hydrogen-bond donors (Lipinski definition) is 0. The molecule has 134 valence electrons. The molecule has 1 aliphatic heterocycles. The van der Waals surface area contributed by atoms with Crippen LogP contribution in [-0.4, -0.2) is 33.4 Å². The number of likely N-dealkylation sites (tertiary alicyclic amines) is 1. The van der Waals surface area contributed by atoms with Crippen LogP contribution >= 0.6 is 0 Å². The summed E-state index contributed by atoms with van der Waals surface area (Å²) in [7, 11) is 0. The standard InChI is InChI=1S/C22H25N3O/c1-16(2)25-20-9-5-4-8-19(20)23-21(25)17-10-12-18(13-11-17)22(26)24-14-6-3-7-15-24/h4-5,8-13,16H,3,6-7,14-15H2,1-2H3. The van der Waals surface area contributed by atoms with Crippen molar-refractivity contribution in [1.29, 1.82) is 0 Å². The first kappa shape index (κ1) is 16.8. The Hall–Kier alpha value is -2.62. The second-order valence-corrected chi connectivity index (χ2v) is 7.32. The van der Waals surface area contributed by atoms with Crippen molar-refractivity contribution in [2.45, 2.75) is 39.2 Å². The second-order valence-electron chi connectivity index (χ2n) is 7.32. The zero-order chi connectivity index (χ0) is 18.1. The van der Waals surface area contributed by atoms with E-state index in [1.807, 2.05) is 47.4 Å². The molecule has 1 saturated heterocycles. The van der Waals surface area contributed by atoms with E-state index in [-0.39, 0.29) is 5.91 Å². The van der Waals surface area contributed by atoms with Gasteiger partial charge in [0.2, 0.25) is 0 Å². The van der Waals surface area contributed by atoms with Crippen LogP contribution in [0.2, 0.25) is 0 Å². The molecule has 0 aliphatic carbocycles. The number of benzene rings is 2. The molecule has 1 aliphatic rings. The Kier molecular flexibility index (Phi) is 4.49. The maximum Gasteiger partial charge on any atom is 0.253 e. The Morgan fingerprint density at radius 3 is 2.35 bits per heavy atom. The van der Waals surface area contributed by atoms with Gasteiger partial charge in [0.1, 0.15) is 5.82 Å². The van der Waals surface area contributed by atoms with E-state index in [0.717, 1.165) is 53.9 Å². The van der Waals surface area contributed by atoms with Gasteiger partial charge in [0.05, 0.1) is 11.0 Å². The average molecular weight is 347 g/mol. The number of aromatic nitrogens is 2. The predicted molar refractivity (Wildman–Crippen MR) is 105 cm³/mol. The summed E-state index contributed by atoms with van der Waals surface area (Å²) in [5, 5.41) is 0. The lowest BCUT2D eigenvalue weighted by molar-refractivity contribution is 0.0724. The van der Waals surface area contributed by atoms with Crippen LogP contribution < -0.4 is 0 Å². The molecular weight excluding hydrogens is 322 g/mol. The highest BCUT2D eigenvalue weighted by molar-refractivity contribution is 5.94. The minimum atomic E-state index is 0.147. The molecule has 0 unspecified atom stereocenters. The molecule has 4 nitrogen and oxygen atoms in total. The molecule has 0 N–H and O–H groups in total. The normalized spacial score (nSPS) is 15.0. The van der Waals surface area contributed by atoms with Crippen molar-refractivity contribution in [2.75, 3.05) is 13.1 Å². The third-order valence-corrected chi connectivity index (χ3v) is 5.15. The van der Waals surface area contributed by atoms with E-state index in [2.05, 4.69) is 24.5 Å². The first-order valence-electron chi connectivity index (χ1n) is 9.52. The van der Waals surface area contributed by atoms with Crippen LogP contribution in [0, 0.1) is 0 Å². The summed E-state index contributed by atoms with van der Waals surface area (Å²) in [4.78, 5) is 19.5. The number of nitrogens with zero attached hydrogens (tertiary/aromatic N) is 3. The second kappa shape index (κ2) is 6.94. The maximum atomic E-state index is 12.7. The van der Waals surface area contributed by atoms with Gasteiger partial charge in [-0.3, -0.25) is 4.79 Å². The number of rotatable bonds is 3. The van der Waals surface area contributed by atoms with E-state index in [1.54, 1.807) is 0 Å². The molecule has 0 radical (unpaired) electrons. The summed E-state index contributed by atoms with van der Waals surface area (Å²) in [5.41, 5.74) is 3.96. The van der Waals surface area contributed by atoms with Crippen LogP contribution in [0.3, 0.4) is 0 Å². The van der Waals surface area contributed by atoms with E-state index in [1.165, 1.54) is 6.42 Å². The molecule has 0 bridgehead atoms. The van der Waals surface area contributed by atoms with Crippen molar-refractivity contribution < 1.29 is 4.79 Å². The van der Waals surface area contributed by atoms with Crippen LogP contribution in [0.25, 0.3) is 22.4 Å². The lowest BCUT2D eigenvalue weighted by atomic mass is 10.1. The molecule has 2 heterocycles. The fourth-order valence-corrected chi connectivity index (χ4v) is 3.81. The number of para-hydroxylation sites is 2. The van der Waals surface area contributed by atoms with Crippen molar-refractivity contribution >= 4 is 16.9 Å². The summed E-state index contributed by atoms with van der Waals surface area (Å²) in [5.74, 6) is 1.10. The zero-order valence-electron chi connectivity index (χ0n) is 15.5. The van der Waals surface area contributed by atoms with Crippen molar-refractivity contribution in [3.05, 3.63) is 54.1 Å². The molecule has 26 heavy (non-hydrogen) atoms. The number of carbonyl (C=O) groups excluding carboxylic acids is 1. The largest absolute Gasteiger partial charge is 0.339 e. The molecule has 1 amide bonds. The number of hydrogen-bond acceptors (Lipinski definition) is 2. The van der Waals surface area contributed by atoms with Gasteiger partial charge in [-0.2, -0.15) is 0 Å². The molecular formula is C22H25N3O. The van der Waals surface area contributed by atoms with E-state index >= 15 is 0 Å². The molecule has 2 aromatic carbocycles. The van der Waals surface area contributed by atoms with Gasteiger partial charge in [0.15, 0.2) is 0 Å². The Bertz CT molecular complexity index is 918. The molecule has 0 saturated carbocycles. The number of amides is 1. The number of piperidine rings is 1. The van der Waals surface area contributed by atoms with Crippen LogP contribution in [0.5, 0.6) is 0 Å². The molecule has 1 aromatic heterocycles. The number of carbonyl (C=O) groups is 1. The zero-order valence-corrected chi connectivity index (χ0v) is 15.5. The lowest BCUT2D eigenvalue weighted by Gasteiger charge is -2.26. The number of fused-ring (bicyclic) bond motifs is 1. The average Bonchev–Trinajstić information content (AvgIpc) is 3.08. The molecule has 4 rings (SSSR count). The fraction of sp³-hybridized carbons (Fsp3) is 0.364. The summed E-state index contributed by atoms with van der Waals surface area (Å²) in [6.45, 7) is 6.10. The summed E-state index contributed by atoms with van der Waals surface area (Å²) < 4.78 is 2.26. The van der Waals surface area contributed by atoms with Gasteiger partial charge in [-0.1, -0.05) is 24.3 Å². The minimum Gasteiger partial charge on any atom is -0.339 e. The molecule has 4 heteroatoms. The molecule has 0 spiro atoms. The monoisotopic (exact) mass is 347 g/mol.